The van der Waals surface area contributed by atoms with Gasteiger partial charge in [0.1, 0.15) is 47.1 Å². The monoisotopic (exact) mass is 450 g/mol. The number of benzene rings is 2. The Bertz CT molecular complexity index is 1070. The Labute approximate surface area is 191 Å². The normalized spacial score (nSPS) is 35.7. The summed E-state index contributed by atoms with van der Waals surface area (Å²) in [5.41, 5.74) is 0.774. The third-order valence-electron chi connectivity index (χ3n) is 7.13. The van der Waals surface area contributed by atoms with Gasteiger partial charge in [-0.2, -0.15) is 0 Å². The van der Waals surface area contributed by atoms with Gasteiger partial charge in [0.05, 0.1) is 13.2 Å². The first-order valence-corrected chi connectivity index (χ1v) is 11.2. The Kier molecular flexibility index (Phi) is 4.69. The summed E-state index contributed by atoms with van der Waals surface area (Å²) in [6, 6.07) is 9.91. The molecule has 2 aromatic rings. The van der Waals surface area contributed by atoms with Crippen LogP contribution in [0.15, 0.2) is 48.6 Å². The first-order chi connectivity index (χ1) is 15.9. The highest BCUT2D eigenvalue weighted by atomic mass is 16.6. The van der Waals surface area contributed by atoms with E-state index >= 15 is 0 Å². The van der Waals surface area contributed by atoms with E-state index in [1.807, 2.05) is 24.3 Å². The lowest BCUT2D eigenvalue weighted by Gasteiger charge is -2.30. The van der Waals surface area contributed by atoms with Crippen LogP contribution in [0, 0.1) is 0 Å². The molecule has 0 spiro atoms. The minimum absolute atomic E-state index is 0.160. The highest BCUT2D eigenvalue weighted by Crippen LogP contribution is 2.48. The highest BCUT2D eigenvalue weighted by Gasteiger charge is 2.57. The molecule has 2 aromatic carbocycles. The van der Waals surface area contributed by atoms with Crippen LogP contribution in [0.2, 0.25) is 0 Å². The van der Waals surface area contributed by atoms with Crippen molar-refractivity contribution in [2.75, 3.05) is 13.2 Å². The smallest absolute Gasteiger partial charge is 0.122 e. The summed E-state index contributed by atoms with van der Waals surface area (Å²) in [5.74, 6) is 0.320. The lowest BCUT2D eigenvalue weighted by atomic mass is 9.79. The quantitative estimate of drug-likeness (QED) is 0.500. The Hall–Kier alpha value is -2.68. The van der Waals surface area contributed by atoms with Crippen molar-refractivity contribution in [3.8, 4) is 11.5 Å². The first kappa shape index (κ1) is 20.9. The van der Waals surface area contributed by atoms with Crippen molar-refractivity contribution in [3.63, 3.8) is 0 Å². The van der Waals surface area contributed by atoms with Gasteiger partial charge in [0.2, 0.25) is 0 Å². The standard InChI is InChI=1S/C26H26O7/c27-17-5-7-19-15(11-17)3-1-9-25(19,29)23-21(32-23)13-31-14-22-24(33-22)26(30)10-2-4-16-12-18(28)6-8-20(16)26/h1-8,11-12,21-24,27-30H,9-10,13-14H2. The van der Waals surface area contributed by atoms with E-state index in [4.69, 9.17) is 14.2 Å². The number of rotatable bonds is 6. The van der Waals surface area contributed by atoms with Gasteiger partial charge in [0.15, 0.2) is 0 Å². The minimum Gasteiger partial charge on any atom is -0.508 e. The molecule has 6 atom stereocenters. The van der Waals surface area contributed by atoms with Gasteiger partial charge in [-0.25, -0.2) is 0 Å². The Morgan fingerprint density at radius 1 is 0.758 bits per heavy atom. The predicted molar refractivity (Wildman–Crippen MR) is 119 cm³/mol. The van der Waals surface area contributed by atoms with Gasteiger partial charge < -0.3 is 34.6 Å². The highest BCUT2D eigenvalue weighted by molar-refractivity contribution is 5.62. The van der Waals surface area contributed by atoms with E-state index in [2.05, 4.69) is 0 Å². The third kappa shape index (κ3) is 3.48. The van der Waals surface area contributed by atoms with Crippen LogP contribution in [-0.2, 0) is 25.4 Å². The number of aliphatic hydroxyl groups is 2. The zero-order chi connectivity index (χ0) is 22.8. The molecule has 7 nitrogen and oxygen atoms in total. The van der Waals surface area contributed by atoms with Gasteiger partial charge in [-0.05, 0) is 46.5 Å². The van der Waals surface area contributed by atoms with Gasteiger partial charge in [0.25, 0.3) is 0 Å². The van der Waals surface area contributed by atoms with E-state index < -0.39 is 11.2 Å². The van der Waals surface area contributed by atoms with Crippen LogP contribution in [0.4, 0.5) is 0 Å². The van der Waals surface area contributed by atoms with Crippen molar-refractivity contribution < 1.29 is 34.6 Å². The molecule has 0 amide bonds. The van der Waals surface area contributed by atoms with Gasteiger partial charge in [-0.3, -0.25) is 0 Å². The van der Waals surface area contributed by atoms with Crippen molar-refractivity contribution >= 4 is 12.2 Å². The van der Waals surface area contributed by atoms with Gasteiger partial charge in [-0.15, -0.1) is 0 Å². The third-order valence-corrected chi connectivity index (χ3v) is 7.13. The molecule has 33 heavy (non-hydrogen) atoms. The predicted octanol–water partition coefficient (Wildman–Crippen LogP) is 2.56. The summed E-state index contributed by atoms with van der Waals surface area (Å²) in [5, 5.41) is 42.1. The molecule has 0 bridgehead atoms. The van der Waals surface area contributed by atoms with Crippen molar-refractivity contribution in [1.29, 1.82) is 0 Å². The molecular weight excluding hydrogens is 424 g/mol. The number of fused-ring (bicyclic) bond motifs is 2. The maximum absolute atomic E-state index is 11.3. The second-order valence-electron chi connectivity index (χ2n) is 9.33. The molecule has 4 N–H and O–H groups in total. The Morgan fingerprint density at radius 2 is 1.21 bits per heavy atom. The fraction of sp³-hybridized carbons (Fsp3) is 0.385. The van der Waals surface area contributed by atoms with Crippen LogP contribution in [0.1, 0.15) is 35.1 Å². The minimum atomic E-state index is -1.15. The zero-order valence-electron chi connectivity index (χ0n) is 17.9. The topological polar surface area (TPSA) is 115 Å². The molecule has 6 unspecified atom stereocenters. The molecule has 7 heteroatoms. The molecule has 0 radical (unpaired) electrons. The molecule has 2 aliphatic carbocycles. The molecule has 4 aliphatic rings. The Morgan fingerprint density at radius 3 is 1.67 bits per heavy atom. The van der Waals surface area contributed by atoms with Crippen molar-refractivity contribution in [3.05, 3.63) is 70.8 Å². The number of phenols is 2. The molecule has 0 saturated carbocycles. The van der Waals surface area contributed by atoms with Crippen LogP contribution in [0.25, 0.3) is 12.2 Å². The number of aromatic hydroxyl groups is 2. The molecule has 2 fully saturated rings. The molecule has 2 saturated heterocycles. The van der Waals surface area contributed by atoms with E-state index in [9.17, 15) is 20.4 Å². The van der Waals surface area contributed by atoms with Crippen molar-refractivity contribution in [2.24, 2.45) is 0 Å². The number of phenolic OH excluding ortho intramolecular Hbond substituents is 2. The number of hydrogen-bond acceptors (Lipinski definition) is 7. The van der Waals surface area contributed by atoms with Crippen molar-refractivity contribution in [2.45, 2.75) is 48.5 Å². The summed E-state index contributed by atoms with van der Waals surface area (Å²) in [6.45, 7) is 0.638. The summed E-state index contributed by atoms with van der Waals surface area (Å²) in [6.07, 6.45) is 7.23. The molecule has 0 aromatic heterocycles. The van der Waals surface area contributed by atoms with E-state index in [-0.39, 0.29) is 35.9 Å². The number of ether oxygens (including phenoxy) is 3. The second-order valence-corrected chi connectivity index (χ2v) is 9.33. The fourth-order valence-corrected chi connectivity index (χ4v) is 5.33. The lowest BCUT2D eigenvalue weighted by molar-refractivity contribution is 0.00847. The second kappa shape index (κ2) is 7.41. The maximum Gasteiger partial charge on any atom is 0.122 e. The fourth-order valence-electron chi connectivity index (χ4n) is 5.33. The van der Waals surface area contributed by atoms with E-state index in [1.165, 1.54) is 0 Å². The molecule has 172 valence electrons. The molecule has 2 heterocycles. The van der Waals surface area contributed by atoms with E-state index in [0.717, 1.165) is 22.3 Å². The largest absolute Gasteiger partial charge is 0.508 e. The van der Waals surface area contributed by atoms with Crippen LogP contribution in [0.3, 0.4) is 0 Å². The van der Waals surface area contributed by atoms with Crippen LogP contribution in [-0.4, -0.2) is 58.1 Å². The van der Waals surface area contributed by atoms with Crippen LogP contribution in [0.5, 0.6) is 11.5 Å². The van der Waals surface area contributed by atoms with Gasteiger partial charge in [-0.1, -0.05) is 36.4 Å². The van der Waals surface area contributed by atoms with Crippen LogP contribution >= 0.6 is 0 Å². The van der Waals surface area contributed by atoms with Gasteiger partial charge >= 0.3 is 0 Å². The molecular formula is C26H26O7. The first-order valence-electron chi connectivity index (χ1n) is 11.2. The number of hydrogen-bond donors (Lipinski definition) is 4. The number of epoxide rings is 2. The average Bonchev–Trinajstić information content (AvgIpc) is 3.69. The van der Waals surface area contributed by atoms with Crippen LogP contribution < -0.4 is 0 Å². The summed E-state index contributed by atoms with van der Waals surface area (Å²) in [7, 11) is 0. The summed E-state index contributed by atoms with van der Waals surface area (Å²) >= 11 is 0. The lowest BCUT2D eigenvalue weighted by Crippen LogP contribution is -2.36. The summed E-state index contributed by atoms with van der Waals surface area (Å²) < 4.78 is 17.4. The van der Waals surface area contributed by atoms with Crippen molar-refractivity contribution in [1.82, 2.24) is 0 Å². The Balaban J connectivity index is 1.05. The average molecular weight is 450 g/mol. The maximum atomic E-state index is 11.3. The zero-order valence-corrected chi connectivity index (χ0v) is 17.9. The SMILES string of the molecule is Oc1ccc2c(c1)C=CCC2(O)C1OC1COCC1OC1C1(O)CC=Cc2cc(O)ccc21. The van der Waals surface area contributed by atoms with Gasteiger partial charge in [0, 0.05) is 12.8 Å². The van der Waals surface area contributed by atoms with E-state index in [1.54, 1.807) is 36.4 Å². The summed E-state index contributed by atoms with van der Waals surface area (Å²) in [4.78, 5) is 0. The molecule has 2 aliphatic heterocycles. The molecule has 6 rings (SSSR count). The van der Waals surface area contributed by atoms with E-state index in [0.29, 0.717) is 26.1 Å².